The standard InChI is InChI=1S/C16H25N3.3ClH/c1-2-4-15(5-3-1)14-18-10-6-16(7-11-18)19-12-8-17-9-13-19;;;/h1-5,16-17H,6-14H2;3*1H. The number of hydrogen-bond donors (Lipinski definition) is 1. The van der Waals surface area contributed by atoms with Crippen molar-refractivity contribution < 1.29 is 0 Å². The number of benzene rings is 1. The molecule has 22 heavy (non-hydrogen) atoms. The average molecular weight is 369 g/mol. The van der Waals surface area contributed by atoms with Crippen LogP contribution in [0.3, 0.4) is 0 Å². The van der Waals surface area contributed by atoms with Crippen molar-refractivity contribution in [1.29, 1.82) is 0 Å². The number of likely N-dealkylation sites (tertiary alicyclic amines) is 1. The Morgan fingerprint density at radius 3 is 2.05 bits per heavy atom. The minimum absolute atomic E-state index is 0. The van der Waals surface area contributed by atoms with Crippen LogP contribution in [-0.4, -0.2) is 55.1 Å². The first-order valence-electron chi connectivity index (χ1n) is 7.63. The van der Waals surface area contributed by atoms with Crippen LogP contribution < -0.4 is 5.32 Å². The van der Waals surface area contributed by atoms with Crippen LogP contribution in [-0.2, 0) is 6.54 Å². The summed E-state index contributed by atoms with van der Waals surface area (Å²) in [7, 11) is 0. The van der Waals surface area contributed by atoms with E-state index in [2.05, 4.69) is 45.4 Å². The predicted molar refractivity (Wildman–Crippen MR) is 101 cm³/mol. The van der Waals surface area contributed by atoms with Crippen molar-refractivity contribution in [2.45, 2.75) is 25.4 Å². The van der Waals surface area contributed by atoms with Crippen molar-refractivity contribution in [2.24, 2.45) is 0 Å². The van der Waals surface area contributed by atoms with E-state index in [9.17, 15) is 0 Å². The highest BCUT2D eigenvalue weighted by atomic mass is 35.5. The third-order valence-corrected chi connectivity index (χ3v) is 4.47. The van der Waals surface area contributed by atoms with Crippen molar-refractivity contribution in [1.82, 2.24) is 15.1 Å². The first-order valence-corrected chi connectivity index (χ1v) is 7.63. The van der Waals surface area contributed by atoms with Crippen LogP contribution in [0.2, 0.25) is 0 Å². The molecule has 3 rings (SSSR count). The van der Waals surface area contributed by atoms with E-state index in [1.165, 1.54) is 57.7 Å². The maximum Gasteiger partial charge on any atom is 0.0233 e. The Morgan fingerprint density at radius 1 is 0.864 bits per heavy atom. The summed E-state index contributed by atoms with van der Waals surface area (Å²) in [6.45, 7) is 8.45. The first kappa shape index (κ1) is 22.0. The van der Waals surface area contributed by atoms with Gasteiger partial charge in [0.2, 0.25) is 0 Å². The normalized spacial score (nSPS) is 20.4. The topological polar surface area (TPSA) is 18.5 Å². The van der Waals surface area contributed by atoms with Gasteiger partial charge in [-0.2, -0.15) is 0 Å². The van der Waals surface area contributed by atoms with Crippen LogP contribution in [0.15, 0.2) is 30.3 Å². The number of halogens is 3. The summed E-state index contributed by atoms with van der Waals surface area (Å²) in [5.41, 5.74) is 1.45. The van der Waals surface area contributed by atoms with Crippen LogP contribution in [0.25, 0.3) is 0 Å². The number of nitrogens with zero attached hydrogens (tertiary/aromatic N) is 2. The second-order valence-electron chi connectivity index (χ2n) is 5.78. The molecular formula is C16H28Cl3N3. The Morgan fingerprint density at radius 2 is 1.45 bits per heavy atom. The van der Waals surface area contributed by atoms with Crippen molar-refractivity contribution in [3.63, 3.8) is 0 Å². The van der Waals surface area contributed by atoms with Crippen LogP contribution in [0.1, 0.15) is 18.4 Å². The molecule has 128 valence electrons. The molecule has 1 aromatic rings. The highest BCUT2D eigenvalue weighted by molar-refractivity contribution is 5.86. The van der Waals surface area contributed by atoms with Gasteiger partial charge < -0.3 is 5.32 Å². The molecule has 0 unspecified atom stereocenters. The number of piperidine rings is 1. The molecule has 0 spiro atoms. The second kappa shape index (κ2) is 11.5. The molecule has 0 atom stereocenters. The highest BCUT2D eigenvalue weighted by Crippen LogP contribution is 2.18. The third-order valence-electron chi connectivity index (χ3n) is 4.47. The maximum atomic E-state index is 3.44. The van der Waals surface area contributed by atoms with E-state index in [1.54, 1.807) is 0 Å². The molecule has 1 N–H and O–H groups in total. The minimum atomic E-state index is 0. The second-order valence-corrected chi connectivity index (χ2v) is 5.78. The van der Waals surface area contributed by atoms with Gasteiger partial charge in [-0.05, 0) is 31.5 Å². The molecule has 0 radical (unpaired) electrons. The lowest BCUT2D eigenvalue weighted by molar-refractivity contribution is 0.0948. The SMILES string of the molecule is Cl.Cl.Cl.c1ccc(CN2CCC(N3CCNCC3)CC2)cc1. The fourth-order valence-corrected chi connectivity index (χ4v) is 3.33. The van der Waals surface area contributed by atoms with Gasteiger partial charge in [0, 0.05) is 38.8 Å². The Labute approximate surface area is 153 Å². The summed E-state index contributed by atoms with van der Waals surface area (Å²) in [6, 6.07) is 11.7. The molecule has 1 aromatic carbocycles. The summed E-state index contributed by atoms with van der Waals surface area (Å²) in [5.74, 6) is 0. The van der Waals surface area contributed by atoms with E-state index < -0.39 is 0 Å². The van der Waals surface area contributed by atoms with E-state index in [4.69, 9.17) is 0 Å². The van der Waals surface area contributed by atoms with E-state index in [0.717, 1.165) is 12.6 Å². The van der Waals surface area contributed by atoms with E-state index in [1.807, 2.05) is 0 Å². The molecule has 0 amide bonds. The van der Waals surface area contributed by atoms with Crippen LogP contribution in [0, 0.1) is 0 Å². The molecule has 0 aliphatic carbocycles. The monoisotopic (exact) mass is 367 g/mol. The van der Waals surface area contributed by atoms with E-state index in [-0.39, 0.29) is 37.2 Å². The zero-order chi connectivity index (χ0) is 12.9. The van der Waals surface area contributed by atoms with Crippen molar-refractivity contribution >= 4 is 37.2 Å². The van der Waals surface area contributed by atoms with Crippen LogP contribution in [0.5, 0.6) is 0 Å². The molecule has 2 aliphatic heterocycles. The van der Waals surface area contributed by atoms with Gasteiger partial charge in [-0.3, -0.25) is 9.80 Å². The van der Waals surface area contributed by atoms with Gasteiger partial charge in [-0.25, -0.2) is 0 Å². The molecule has 0 bridgehead atoms. The zero-order valence-electron chi connectivity index (χ0n) is 12.9. The highest BCUT2D eigenvalue weighted by Gasteiger charge is 2.25. The molecule has 0 saturated carbocycles. The molecular weight excluding hydrogens is 341 g/mol. The zero-order valence-corrected chi connectivity index (χ0v) is 15.4. The van der Waals surface area contributed by atoms with Gasteiger partial charge in [0.1, 0.15) is 0 Å². The van der Waals surface area contributed by atoms with Gasteiger partial charge in [0.15, 0.2) is 0 Å². The molecule has 6 heteroatoms. The third kappa shape index (κ3) is 6.23. The lowest BCUT2D eigenvalue weighted by atomic mass is 10.0. The van der Waals surface area contributed by atoms with Crippen LogP contribution in [0.4, 0.5) is 0 Å². The number of hydrogen-bond acceptors (Lipinski definition) is 3. The molecule has 3 nitrogen and oxygen atoms in total. The first-order chi connectivity index (χ1) is 9.42. The summed E-state index contributed by atoms with van der Waals surface area (Å²) in [5, 5.41) is 3.44. The number of nitrogens with one attached hydrogen (secondary N) is 1. The van der Waals surface area contributed by atoms with Gasteiger partial charge >= 0.3 is 0 Å². The molecule has 2 fully saturated rings. The van der Waals surface area contributed by atoms with Crippen LogP contribution >= 0.6 is 37.2 Å². The molecule has 2 heterocycles. The molecule has 2 aliphatic rings. The predicted octanol–water partition coefficient (Wildman–Crippen LogP) is 2.82. The smallest absolute Gasteiger partial charge is 0.0233 e. The maximum absolute atomic E-state index is 3.44. The fraction of sp³-hybridized carbons (Fsp3) is 0.625. The largest absolute Gasteiger partial charge is 0.314 e. The van der Waals surface area contributed by atoms with Crippen molar-refractivity contribution in [2.75, 3.05) is 39.3 Å². The van der Waals surface area contributed by atoms with Gasteiger partial charge in [-0.1, -0.05) is 30.3 Å². The Hall–Kier alpha value is -0.0300. The summed E-state index contributed by atoms with van der Waals surface area (Å²) in [4.78, 5) is 5.30. The van der Waals surface area contributed by atoms with E-state index in [0.29, 0.717) is 0 Å². The Bertz CT molecular complexity index is 377. The van der Waals surface area contributed by atoms with Crippen molar-refractivity contribution in [3.8, 4) is 0 Å². The number of piperazine rings is 1. The summed E-state index contributed by atoms with van der Waals surface area (Å²) in [6.07, 6.45) is 2.68. The number of rotatable bonds is 3. The summed E-state index contributed by atoms with van der Waals surface area (Å²) >= 11 is 0. The lowest BCUT2D eigenvalue weighted by Crippen LogP contribution is -2.51. The average Bonchev–Trinajstić information content (AvgIpc) is 2.50. The van der Waals surface area contributed by atoms with Gasteiger partial charge in [-0.15, -0.1) is 37.2 Å². The summed E-state index contributed by atoms with van der Waals surface area (Å²) < 4.78 is 0. The van der Waals surface area contributed by atoms with Gasteiger partial charge in [0.05, 0.1) is 0 Å². The van der Waals surface area contributed by atoms with Gasteiger partial charge in [0.25, 0.3) is 0 Å². The minimum Gasteiger partial charge on any atom is -0.314 e. The fourth-order valence-electron chi connectivity index (χ4n) is 3.33. The van der Waals surface area contributed by atoms with E-state index >= 15 is 0 Å². The van der Waals surface area contributed by atoms with Crippen molar-refractivity contribution in [3.05, 3.63) is 35.9 Å². The molecule has 0 aromatic heterocycles. The lowest BCUT2D eigenvalue weighted by Gasteiger charge is -2.40. The Kier molecular flexibility index (Phi) is 11.5. The molecule has 2 saturated heterocycles. The quantitative estimate of drug-likeness (QED) is 0.885. The Balaban J connectivity index is 0.00000147.